The lowest BCUT2D eigenvalue weighted by Crippen LogP contribution is -2.06. The van der Waals surface area contributed by atoms with Gasteiger partial charge in [-0.2, -0.15) is 4.98 Å². The summed E-state index contributed by atoms with van der Waals surface area (Å²) in [4.78, 5) is 16.2. The largest absolute Gasteiger partial charge is 0.507 e. The van der Waals surface area contributed by atoms with Gasteiger partial charge in [-0.1, -0.05) is 33.2 Å². The quantitative estimate of drug-likeness (QED) is 0.649. The van der Waals surface area contributed by atoms with E-state index in [1.807, 2.05) is 24.3 Å². The number of carbonyl (C=O) groups is 1. The van der Waals surface area contributed by atoms with E-state index in [0.29, 0.717) is 11.6 Å². The molecule has 0 aliphatic rings. The van der Waals surface area contributed by atoms with E-state index < -0.39 is 5.97 Å². The Morgan fingerprint density at radius 3 is 2.84 bits per heavy atom. The Bertz CT molecular complexity index is 910. The molecule has 8 heteroatoms. The van der Waals surface area contributed by atoms with Gasteiger partial charge in [-0.3, -0.25) is 0 Å². The minimum atomic E-state index is -0.706. The lowest BCUT2D eigenvalue weighted by molar-refractivity contribution is 0.0426. The number of halogens is 1. The van der Waals surface area contributed by atoms with E-state index in [9.17, 15) is 9.90 Å². The molecule has 128 valence electrons. The van der Waals surface area contributed by atoms with Crippen LogP contribution in [0.2, 0.25) is 0 Å². The van der Waals surface area contributed by atoms with Crippen molar-refractivity contribution >= 4 is 21.9 Å². The fraction of sp³-hybridized carbons (Fsp3) is 0.118. The Hall–Kier alpha value is -2.87. The van der Waals surface area contributed by atoms with Gasteiger partial charge >= 0.3 is 5.97 Å². The van der Waals surface area contributed by atoms with Crippen LogP contribution in [0, 0.1) is 0 Å². The van der Waals surface area contributed by atoms with Gasteiger partial charge in [0.2, 0.25) is 5.82 Å². The van der Waals surface area contributed by atoms with Crippen molar-refractivity contribution in [1.82, 2.24) is 10.1 Å². The van der Waals surface area contributed by atoms with E-state index in [1.54, 1.807) is 6.07 Å². The van der Waals surface area contributed by atoms with Gasteiger partial charge in [-0.05, 0) is 24.3 Å². The monoisotopic (exact) mass is 404 g/mol. The molecular formula is C17H13BrN2O5. The van der Waals surface area contributed by atoms with Crippen molar-refractivity contribution < 1.29 is 23.9 Å². The number of ether oxygens (including phenoxy) is 2. The van der Waals surface area contributed by atoms with Gasteiger partial charge in [0.15, 0.2) is 6.61 Å². The second kappa shape index (κ2) is 7.35. The molecule has 1 heterocycles. The van der Waals surface area contributed by atoms with Crippen LogP contribution in [0.3, 0.4) is 0 Å². The number of methoxy groups -OCH3 is 1. The molecule has 0 saturated heterocycles. The summed E-state index contributed by atoms with van der Waals surface area (Å²) in [5.74, 6) is 0.0349. The average Bonchev–Trinajstić information content (AvgIpc) is 3.08. The Kier molecular flexibility index (Phi) is 4.99. The summed E-state index contributed by atoms with van der Waals surface area (Å²) in [5.41, 5.74) is 0.788. The average molecular weight is 405 g/mol. The second-order valence-electron chi connectivity index (χ2n) is 4.98. The van der Waals surface area contributed by atoms with Crippen LogP contribution < -0.4 is 4.74 Å². The Balaban J connectivity index is 1.67. The van der Waals surface area contributed by atoms with Crippen molar-refractivity contribution in [2.75, 3.05) is 7.11 Å². The van der Waals surface area contributed by atoms with Gasteiger partial charge in [0, 0.05) is 16.1 Å². The van der Waals surface area contributed by atoms with Crippen molar-refractivity contribution in [2.45, 2.75) is 6.61 Å². The number of aromatic hydroxyl groups is 1. The number of phenols is 1. The summed E-state index contributed by atoms with van der Waals surface area (Å²) in [5, 5.41) is 13.7. The van der Waals surface area contributed by atoms with Gasteiger partial charge in [0.1, 0.15) is 17.1 Å². The molecule has 1 aromatic heterocycles. The highest BCUT2D eigenvalue weighted by molar-refractivity contribution is 9.10. The van der Waals surface area contributed by atoms with Gasteiger partial charge < -0.3 is 19.1 Å². The molecule has 3 rings (SSSR count). The van der Waals surface area contributed by atoms with Gasteiger partial charge in [0.05, 0.1) is 7.11 Å². The molecule has 0 aliphatic heterocycles. The first kappa shape index (κ1) is 17.0. The number of rotatable bonds is 5. The molecule has 0 saturated carbocycles. The third-order valence-electron chi connectivity index (χ3n) is 3.30. The zero-order chi connectivity index (χ0) is 17.8. The van der Waals surface area contributed by atoms with Crippen LogP contribution in [-0.2, 0) is 11.3 Å². The third-order valence-corrected chi connectivity index (χ3v) is 3.80. The third kappa shape index (κ3) is 3.97. The van der Waals surface area contributed by atoms with Crippen LogP contribution in [-0.4, -0.2) is 28.3 Å². The highest BCUT2D eigenvalue weighted by Gasteiger charge is 2.16. The standard InChI is InChI=1S/C17H13BrN2O5/c1-23-12-5-6-13(14(21)8-12)17(22)24-9-15-19-16(20-25-15)10-3-2-4-11(18)7-10/h2-8,21H,9H2,1H3. The molecule has 0 fully saturated rings. The Morgan fingerprint density at radius 2 is 2.12 bits per heavy atom. The first-order chi connectivity index (χ1) is 12.1. The van der Waals surface area contributed by atoms with E-state index in [2.05, 4.69) is 26.1 Å². The lowest BCUT2D eigenvalue weighted by Gasteiger charge is -2.06. The van der Waals surface area contributed by atoms with Crippen molar-refractivity contribution in [2.24, 2.45) is 0 Å². The molecule has 25 heavy (non-hydrogen) atoms. The summed E-state index contributed by atoms with van der Waals surface area (Å²) in [6.07, 6.45) is 0. The fourth-order valence-corrected chi connectivity index (χ4v) is 2.47. The van der Waals surface area contributed by atoms with Crippen molar-refractivity contribution in [1.29, 1.82) is 0 Å². The number of hydrogen-bond donors (Lipinski definition) is 1. The number of carbonyl (C=O) groups excluding carboxylic acids is 1. The molecule has 7 nitrogen and oxygen atoms in total. The van der Waals surface area contributed by atoms with Crippen LogP contribution in [0.25, 0.3) is 11.4 Å². The van der Waals surface area contributed by atoms with Crippen molar-refractivity contribution in [3.8, 4) is 22.9 Å². The SMILES string of the molecule is COc1ccc(C(=O)OCc2nc(-c3cccc(Br)c3)no2)c(O)c1. The lowest BCUT2D eigenvalue weighted by atomic mass is 10.2. The van der Waals surface area contributed by atoms with Gasteiger partial charge in [-0.15, -0.1) is 0 Å². The molecule has 0 unspecified atom stereocenters. The second-order valence-corrected chi connectivity index (χ2v) is 5.90. The first-order valence-corrected chi connectivity index (χ1v) is 7.99. The molecular weight excluding hydrogens is 392 g/mol. The topological polar surface area (TPSA) is 94.7 Å². The summed E-state index contributed by atoms with van der Waals surface area (Å²) in [7, 11) is 1.46. The molecule has 0 aliphatic carbocycles. The zero-order valence-corrected chi connectivity index (χ0v) is 14.7. The summed E-state index contributed by atoms with van der Waals surface area (Å²) >= 11 is 3.37. The maximum absolute atomic E-state index is 12.0. The normalized spacial score (nSPS) is 10.5. The molecule has 1 N–H and O–H groups in total. The van der Waals surface area contributed by atoms with E-state index in [-0.39, 0.29) is 23.8 Å². The highest BCUT2D eigenvalue weighted by atomic mass is 79.9. The number of nitrogens with zero attached hydrogens (tertiary/aromatic N) is 2. The molecule has 3 aromatic rings. The fourth-order valence-electron chi connectivity index (χ4n) is 2.07. The predicted octanol–water partition coefficient (Wildman–Crippen LogP) is 3.57. The van der Waals surface area contributed by atoms with Crippen LogP contribution in [0.15, 0.2) is 51.5 Å². The van der Waals surface area contributed by atoms with E-state index >= 15 is 0 Å². The number of aromatic nitrogens is 2. The maximum atomic E-state index is 12.0. The summed E-state index contributed by atoms with van der Waals surface area (Å²) < 4.78 is 16.0. The maximum Gasteiger partial charge on any atom is 0.342 e. The van der Waals surface area contributed by atoms with Crippen LogP contribution >= 0.6 is 15.9 Å². The molecule has 0 amide bonds. The molecule has 0 atom stereocenters. The summed E-state index contributed by atoms with van der Waals surface area (Å²) in [6, 6.07) is 11.7. The van der Waals surface area contributed by atoms with E-state index in [0.717, 1.165) is 10.0 Å². The van der Waals surface area contributed by atoms with Crippen molar-refractivity contribution in [3.05, 3.63) is 58.4 Å². The number of benzene rings is 2. The minimum absolute atomic E-state index is 0.0209. The van der Waals surface area contributed by atoms with Crippen LogP contribution in [0.4, 0.5) is 0 Å². The number of phenolic OH excluding ortho intramolecular Hbond substituents is 1. The predicted molar refractivity (Wildman–Crippen MR) is 91.2 cm³/mol. The van der Waals surface area contributed by atoms with E-state index in [4.69, 9.17) is 14.0 Å². The van der Waals surface area contributed by atoms with Crippen LogP contribution in [0.5, 0.6) is 11.5 Å². The minimum Gasteiger partial charge on any atom is -0.507 e. The Labute approximate surface area is 151 Å². The number of esters is 1. The molecule has 0 bridgehead atoms. The molecule has 0 radical (unpaired) electrons. The Morgan fingerprint density at radius 1 is 1.28 bits per heavy atom. The van der Waals surface area contributed by atoms with Gasteiger partial charge in [-0.25, -0.2) is 4.79 Å². The molecule has 2 aromatic carbocycles. The van der Waals surface area contributed by atoms with E-state index in [1.165, 1.54) is 19.2 Å². The first-order valence-electron chi connectivity index (χ1n) is 7.19. The van der Waals surface area contributed by atoms with Crippen molar-refractivity contribution in [3.63, 3.8) is 0 Å². The highest BCUT2D eigenvalue weighted by Crippen LogP contribution is 2.24. The van der Waals surface area contributed by atoms with Crippen LogP contribution in [0.1, 0.15) is 16.2 Å². The zero-order valence-electron chi connectivity index (χ0n) is 13.1. The molecule has 0 spiro atoms. The number of hydrogen-bond acceptors (Lipinski definition) is 7. The van der Waals surface area contributed by atoms with Gasteiger partial charge in [0.25, 0.3) is 5.89 Å². The smallest absolute Gasteiger partial charge is 0.342 e. The summed E-state index contributed by atoms with van der Waals surface area (Å²) in [6.45, 7) is -0.203.